The summed E-state index contributed by atoms with van der Waals surface area (Å²) in [5.41, 5.74) is 1.76. The Kier molecular flexibility index (Phi) is 6.78. The van der Waals surface area contributed by atoms with Crippen molar-refractivity contribution < 1.29 is 4.79 Å². The van der Waals surface area contributed by atoms with E-state index in [4.69, 9.17) is 18.0 Å². The second kappa shape index (κ2) is 9.48. The highest BCUT2D eigenvalue weighted by atomic mass is 35.5. The third-order valence-electron chi connectivity index (χ3n) is 4.25. The fourth-order valence-electron chi connectivity index (χ4n) is 3.01. The van der Waals surface area contributed by atoms with Crippen LogP contribution in [0.5, 0.6) is 0 Å². The Morgan fingerprint density at radius 2 is 1.90 bits per heavy atom. The molecule has 0 aliphatic heterocycles. The molecule has 2 aromatic carbocycles. The highest BCUT2D eigenvalue weighted by molar-refractivity contribution is 6.31. The lowest BCUT2D eigenvalue weighted by molar-refractivity contribution is 0.103. The maximum atomic E-state index is 13.3. The number of nitrogens with one attached hydrogen (secondary N) is 1. The molecule has 29 heavy (non-hydrogen) atoms. The van der Waals surface area contributed by atoms with Crippen LogP contribution in [-0.4, -0.2) is 46.1 Å². The minimum Gasteiger partial charge on any atom is -0.302 e. The predicted octanol–water partition coefficient (Wildman–Crippen LogP) is 2.94. The van der Waals surface area contributed by atoms with Crippen molar-refractivity contribution >= 4 is 17.4 Å². The molecule has 0 spiro atoms. The zero-order valence-corrected chi connectivity index (χ0v) is 17.1. The van der Waals surface area contributed by atoms with Gasteiger partial charge in [0.05, 0.1) is 25.3 Å². The van der Waals surface area contributed by atoms with Gasteiger partial charge in [0, 0.05) is 16.1 Å². The maximum absolute atomic E-state index is 13.3. The Balaban J connectivity index is 2.13. The average molecular weight is 408 g/mol. The molecule has 0 radical (unpaired) electrons. The highest BCUT2D eigenvalue weighted by Gasteiger charge is 2.21. The molecule has 1 heterocycles. The molecule has 0 atom stereocenters. The summed E-state index contributed by atoms with van der Waals surface area (Å²) in [6, 6.07) is 14.4. The number of carbonyl (C=O) groups excluding carboxylic acids is 1. The molecule has 0 bridgehead atoms. The summed E-state index contributed by atoms with van der Waals surface area (Å²) in [5.74, 6) is 3.82. The van der Waals surface area contributed by atoms with Crippen LogP contribution < -0.4 is 5.32 Å². The molecular formula is C22H22ClN5O. The topological polar surface area (TPSA) is 63.1 Å². The standard InChI is InChI=1S/C22H22ClN5O/c1-4-12-24-14-20-25-26-21(15-27(2)3)28(20)19-11-10-17(23)13-18(19)22(29)16-8-6-5-7-9-16/h1,5-11,13,24H,12,14-15H2,2-3H3. The number of terminal acetylenes is 1. The fraction of sp³-hybridized carbons (Fsp3) is 0.227. The minimum absolute atomic E-state index is 0.116. The van der Waals surface area contributed by atoms with Crippen LogP contribution in [-0.2, 0) is 13.1 Å². The van der Waals surface area contributed by atoms with Gasteiger partial charge in [0.2, 0.25) is 0 Å². The number of nitrogens with zero attached hydrogens (tertiary/aromatic N) is 4. The van der Waals surface area contributed by atoms with Crippen LogP contribution in [0.4, 0.5) is 0 Å². The first-order chi connectivity index (χ1) is 14.0. The Labute approximate surface area is 175 Å². The van der Waals surface area contributed by atoms with Gasteiger partial charge >= 0.3 is 0 Å². The number of carbonyl (C=O) groups is 1. The van der Waals surface area contributed by atoms with E-state index in [1.165, 1.54) is 0 Å². The average Bonchev–Trinajstić information content (AvgIpc) is 3.10. The van der Waals surface area contributed by atoms with E-state index in [9.17, 15) is 4.79 Å². The second-order valence-electron chi connectivity index (χ2n) is 6.77. The lowest BCUT2D eigenvalue weighted by atomic mass is 10.0. The van der Waals surface area contributed by atoms with Gasteiger partial charge in [-0.3, -0.25) is 14.7 Å². The molecular weight excluding hydrogens is 386 g/mol. The minimum atomic E-state index is -0.116. The fourth-order valence-corrected chi connectivity index (χ4v) is 3.18. The van der Waals surface area contributed by atoms with Gasteiger partial charge < -0.3 is 4.90 Å². The van der Waals surface area contributed by atoms with Crippen molar-refractivity contribution in [2.45, 2.75) is 13.1 Å². The summed E-state index contributed by atoms with van der Waals surface area (Å²) in [7, 11) is 3.90. The molecule has 0 fully saturated rings. The Morgan fingerprint density at radius 1 is 1.17 bits per heavy atom. The zero-order chi connectivity index (χ0) is 20.8. The monoisotopic (exact) mass is 407 g/mol. The van der Waals surface area contributed by atoms with E-state index < -0.39 is 0 Å². The van der Waals surface area contributed by atoms with Crippen LogP contribution in [0.25, 0.3) is 5.69 Å². The Morgan fingerprint density at radius 3 is 2.59 bits per heavy atom. The number of benzene rings is 2. The number of aromatic nitrogens is 3. The molecule has 1 N–H and O–H groups in total. The number of rotatable bonds is 8. The molecule has 0 aliphatic carbocycles. The van der Waals surface area contributed by atoms with Crippen LogP contribution in [0, 0.1) is 12.3 Å². The molecule has 1 aromatic heterocycles. The summed E-state index contributed by atoms with van der Waals surface area (Å²) in [5, 5.41) is 12.3. The molecule has 3 rings (SSSR count). The normalized spacial score (nSPS) is 10.9. The molecule has 148 valence electrons. The lowest BCUT2D eigenvalue weighted by Gasteiger charge is -2.17. The molecule has 0 saturated carbocycles. The summed E-state index contributed by atoms with van der Waals surface area (Å²) in [6.45, 7) is 1.39. The maximum Gasteiger partial charge on any atom is 0.195 e. The summed E-state index contributed by atoms with van der Waals surface area (Å²) < 4.78 is 1.90. The van der Waals surface area contributed by atoms with Gasteiger partial charge in [-0.1, -0.05) is 47.9 Å². The second-order valence-corrected chi connectivity index (χ2v) is 7.21. The van der Waals surface area contributed by atoms with Crippen molar-refractivity contribution in [3.63, 3.8) is 0 Å². The lowest BCUT2D eigenvalue weighted by Crippen LogP contribution is -2.21. The largest absolute Gasteiger partial charge is 0.302 e. The third kappa shape index (κ3) is 4.90. The number of halogens is 1. The zero-order valence-electron chi connectivity index (χ0n) is 16.4. The molecule has 0 aliphatic rings. The van der Waals surface area contributed by atoms with Crippen LogP contribution in [0.3, 0.4) is 0 Å². The van der Waals surface area contributed by atoms with E-state index in [2.05, 4.69) is 21.4 Å². The third-order valence-corrected chi connectivity index (χ3v) is 4.48. The van der Waals surface area contributed by atoms with Crippen molar-refractivity contribution in [2.24, 2.45) is 0 Å². The number of ketones is 1. The van der Waals surface area contributed by atoms with Crippen LogP contribution in [0.1, 0.15) is 27.6 Å². The number of hydrogen-bond acceptors (Lipinski definition) is 5. The van der Waals surface area contributed by atoms with E-state index in [0.717, 1.165) is 5.82 Å². The van der Waals surface area contributed by atoms with Gasteiger partial charge in [-0.15, -0.1) is 16.6 Å². The van der Waals surface area contributed by atoms with Gasteiger partial charge in [-0.2, -0.15) is 0 Å². The van der Waals surface area contributed by atoms with E-state index in [-0.39, 0.29) is 5.78 Å². The Bertz CT molecular complexity index is 1040. The summed E-state index contributed by atoms with van der Waals surface area (Å²) in [6.07, 6.45) is 5.34. The number of hydrogen-bond donors (Lipinski definition) is 1. The van der Waals surface area contributed by atoms with Crippen LogP contribution in [0.2, 0.25) is 5.02 Å². The summed E-state index contributed by atoms with van der Waals surface area (Å²) in [4.78, 5) is 15.2. The first-order valence-corrected chi connectivity index (χ1v) is 9.50. The van der Waals surface area contributed by atoms with Crippen molar-refractivity contribution in [3.05, 3.63) is 76.3 Å². The van der Waals surface area contributed by atoms with Crippen molar-refractivity contribution in [1.82, 2.24) is 25.0 Å². The van der Waals surface area contributed by atoms with Gasteiger partial charge in [0.25, 0.3) is 0 Å². The van der Waals surface area contributed by atoms with Crippen molar-refractivity contribution in [1.29, 1.82) is 0 Å². The van der Waals surface area contributed by atoms with Gasteiger partial charge in [0.1, 0.15) is 0 Å². The van der Waals surface area contributed by atoms with Crippen LogP contribution in [0.15, 0.2) is 48.5 Å². The van der Waals surface area contributed by atoms with E-state index >= 15 is 0 Å². The van der Waals surface area contributed by atoms with E-state index in [1.807, 2.05) is 47.8 Å². The van der Waals surface area contributed by atoms with Crippen LogP contribution >= 0.6 is 11.6 Å². The van der Waals surface area contributed by atoms with E-state index in [0.29, 0.717) is 47.3 Å². The van der Waals surface area contributed by atoms with Crippen molar-refractivity contribution in [2.75, 3.05) is 20.6 Å². The van der Waals surface area contributed by atoms with Crippen molar-refractivity contribution in [3.8, 4) is 18.0 Å². The smallest absolute Gasteiger partial charge is 0.195 e. The van der Waals surface area contributed by atoms with Gasteiger partial charge in [-0.25, -0.2) is 0 Å². The molecule has 3 aromatic rings. The molecule has 0 saturated heterocycles. The SMILES string of the molecule is C#CCNCc1nnc(CN(C)C)n1-c1ccc(Cl)cc1C(=O)c1ccccc1. The Hall–Kier alpha value is -2.98. The van der Waals surface area contributed by atoms with Gasteiger partial charge in [-0.05, 0) is 32.3 Å². The first kappa shape index (κ1) is 20.7. The highest BCUT2D eigenvalue weighted by Crippen LogP contribution is 2.25. The quantitative estimate of drug-likeness (QED) is 0.353. The molecule has 6 nitrogen and oxygen atoms in total. The first-order valence-electron chi connectivity index (χ1n) is 9.13. The van der Waals surface area contributed by atoms with E-state index in [1.54, 1.807) is 24.3 Å². The molecule has 7 heteroatoms. The van der Waals surface area contributed by atoms with Gasteiger partial charge in [0.15, 0.2) is 17.4 Å². The predicted molar refractivity (Wildman–Crippen MR) is 114 cm³/mol. The summed E-state index contributed by atoms with van der Waals surface area (Å²) >= 11 is 6.24. The molecule has 0 unspecified atom stereocenters. The molecule has 0 amide bonds.